The molecular formula is C19H14F2N6O. The van der Waals surface area contributed by atoms with Crippen LogP contribution < -0.4 is 10.2 Å². The molecule has 2 heterocycles. The van der Waals surface area contributed by atoms with Crippen LogP contribution in [0.15, 0.2) is 72.2 Å². The number of rotatable bonds is 6. The Hall–Kier alpha value is -3.88. The molecular weight excluding hydrogens is 366 g/mol. The Balaban J connectivity index is 1.52. The van der Waals surface area contributed by atoms with Gasteiger partial charge in [-0.3, -0.25) is 5.43 Å². The fraction of sp³-hybridized carbons (Fsp3) is 0.0526. The van der Waals surface area contributed by atoms with Crippen molar-refractivity contribution in [1.29, 1.82) is 0 Å². The van der Waals surface area contributed by atoms with Gasteiger partial charge in [0.1, 0.15) is 12.1 Å². The van der Waals surface area contributed by atoms with Crippen molar-refractivity contribution in [2.75, 3.05) is 5.43 Å². The molecule has 4 rings (SSSR count). The monoisotopic (exact) mass is 380 g/mol. The van der Waals surface area contributed by atoms with Gasteiger partial charge in [0.2, 0.25) is 0 Å². The maximum atomic E-state index is 12.2. The van der Waals surface area contributed by atoms with Gasteiger partial charge in [-0.25, -0.2) is 14.6 Å². The largest absolute Gasteiger partial charge is 0.435 e. The minimum atomic E-state index is -2.85. The molecule has 2 aromatic heterocycles. The molecule has 0 bridgehead atoms. The fourth-order valence-electron chi connectivity index (χ4n) is 2.59. The molecule has 0 saturated carbocycles. The molecule has 0 saturated heterocycles. The Morgan fingerprint density at radius 3 is 2.57 bits per heavy atom. The van der Waals surface area contributed by atoms with E-state index in [1.807, 2.05) is 30.3 Å². The molecule has 7 nitrogen and oxygen atoms in total. The average Bonchev–Trinajstić information content (AvgIpc) is 3.15. The van der Waals surface area contributed by atoms with Gasteiger partial charge in [-0.15, -0.1) is 0 Å². The highest BCUT2D eigenvalue weighted by Gasteiger charge is 2.10. The minimum Gasteiger partial charge on any atom is -0.435 e. The summed E-state index contributed by atoms with van der Waals surface area (Å²) < 4.78 is 30.4. The van der Waals surface area contributed by atoms with Crippen molar-refractivity contribution in [2.45, 2.75) is 6.61 Å². The molecule has 0 aliphatic heterocycles. The van der Waals surface area contributed by atoms with Crippen LogP contribution in [0.25, 0.3) is 16.7 Å². The summed E-state index contributed by atoms with van der Waals surface area (Å²) in [7, 11) is 0. The van der Waals surface area contributed by atoms with E-state index < -0.39 is 6.61 Å². The standard InChI is InChI=1S/C19H14F2N6O/c20-19(21)28-15-8-6-13(7-9-15)10-24-26-17-16-11-25-27(18(16)23-12-22-17)14-4-2-1-3-5-14/h1-12,19H,(H,22,23,26). The van der Waals surface area contributed by atoms with Crippen molar-refractivity contribution in [3.8, 4) is 11.4 Å². The first-order chi connectivity index (χ1) is 13.7. The Kier molecular flexibility index (Phi) is 4.87. The molecule has 0 amide bonds. The SMILES string of the molecule is FC(F)Oc1ccc(C=NNc2ncnc3c2cnn3-c2ccccc2)cc1. The lowest BCUT2D eigenvalue weighted by Gasteiger charge is -2.04. The summed E-state index contributed by atoms with van der Waals surface area (Å²) in [4.78, 5) is 8.50. The number of nitrogens with one attached hydrogen (secondary N) is 1. The zero-order chi connectivity index (χ0) is 19.3. The van der Waals surface area contributed by atoms with Crippen molar-refractivity contribution < 1.29 is 13.5 Å². The molecule has 0 fully saturated rings. The number of hydrazone groups is 1. The molecule has 0 radical (unpaired) electrons. The summed E-state index contributed by atoms with van der Waals surface area (Å²) in [5.74, 6) is 0.590. The van der Waals surface area contributed by atoms with E-state index in [1.54, 1.807) is 29.2 Å². The third kappa shape index (κ3) is 3.78. The fourth-order valence-corrected chi connectivity index (χ4v) is 2.59. The number of hydrogen-bond acceptors (Lipinski definition) is 6. The van der Waals surface area contributed by atoms with E-state index in [1.165, 1.54) is 18.5 Å². The molecule has 0 aliphatic rings. The summed E-state index contributed by atoms with van der Waals surface area (Å²) in [5, 5.41) is 9.23. The Morgan fingerprint density at radius 1 is 1.04 bits per heavy atom. The summed E-state index contributed by atoms with van der Waals surface area (Å²) in [6, 6.07) is 15.8. The van der Waals surface area contributed by atoms with Crippen LogP contribution in [0.2, 0.25) is 0 Å². The van der Waals surface area contributed by atoms with E-state index in [4.69, 9.17) is 0 Å². The van der Waals surface area contributed by atoms with Gasteiger partial charge in [-0.05, 0) is 42.0 Å². The van der Waals surface area contributed by atoms with E-state index in [2.05, 4.69) is 30.3 Å². The van der Waals surface area contributed by atoms with Crippen LogP contribution in [0.1, 0.15) is 5.56 Å². The van der Waals surface area contributed by atoms with Crippen molar-refractivity contribution in [2.24, 2.45) is 5.10 Å². The van der Waals surface area contributed by atoms with Gasteiger partial charge < -0.3 is 4.74 Å². The van der Waals surface area contributed by atoms with E-state index in [0.29, 0.717) is 22.4 Å². The van der Waals surface area contributed by atoms with E-state index in [-0.39, 0.29) is 5.75 Å². The number of nitrogens with zero attached hydrogens (tertiary/aromatic N) is 5. The molecule has 9 heteroatoms. The number of halogens is 2. The van der Waals surface area contributed by atoms with Crippen molar-refractivity contribution >= 4 is 23.1 Å². The minimum absolute atomic E-state index is 0.0888. The molecule has 1 N–H and O–H groups in total. The molecule has 0 unspecified atom stereocenters. The van der Waals surface area contributed by atoms with E-state index in [0.717, 1.165) is 5.69 Å². The summed E-state index contributed by atoms with van der Waals surface area (Å²) in [5.41, 5.74) is 5.10. The zero-order valence-electron chi connectivity index (χ0n) is 14.4. The molecule has 0 aliphatic carbocycles. The topological polar surface area (TPSA) is 77.2 Å². The van der Waals surface area contributed by atoms with Gasteiger partial charge in [0.25, 0.3) is 0 Å². The summed E-state index contributed by atoms with van der Waals surface area (Å²) in [6.07, 6.45) is 4.64. The first-order valence-corrected chi connectivity index (χ1v) is 8.29. The number of anilines is 1. The van der Waals surface area contributed by atoms with Crippen molar-refractivity contribution in [1.82, 2.24) is 19.7 Å². The predicted octanol–water partition coefficient (Wildman–Crippen LogP) is 3.86. The number of para-hydroxylation sites is 1. The van der Waals surface area contributed by atoms with Crippen LogP contribution in [-0.2, 0) is 0 Å². The van der Waals surface area contributed by atoms with E-state index >= 15 is 0 Å². The second-order valence-corrected chi connectivity index (χ2v) is 5.67. The molecule has 0 spiro atoms. The summed E-state index contributed by atoms with van der Waals surface area (Å²) in [6.45, 7) is -2.85. The lowest BCUT2D eigenvalue weighted by atomic mass is 10.2. The smallest absolute Gasteiger partial charge is 0.387 e. The second-order valence-electron chi connectivity index (χ2n) is 5.67. The normalized spacial score (nSPS) is 11.4. The molecule has 2 aromatic carbocycles. The number of fused-ring (bicyclic) bond motifs is 1. The predicted molar refractivity (Wildman–Crippen MR) is 101 cm³/mol. The second kappa shape index (κ2) is 7.78. The highest BCUT2D eigenvalue weighted by molar-refractivity contribution is 5.88. The first-order valence-electron chi connectivity index (χ1n) is 8.29. The molecule has 4 aromatic rings. The van der Waals surface area contributed by atoms with Gasteiger partial charge in [0.05, 0.1) is 23.5 Å². The average molecular weight is 380 g/mol. The first kappa shape index (κ1) is 17.5. The van der Waals surface area contributed by atoms with Gasteiger partial charge in [-0.1, -0.05) is 18.2 Å². The molecule has 0 atom stereocenters. The number of alkyl halides is 2. The van der Waals surface area contributed by atoms with Crippen LogP contribution in [0.4, 0.5) is 14.6 Å². The lowest BCUT2D eigenvalue weighted by Crippen LogP contribution is -2.01. The number of aromatic nitrogens is 4. The van der Waals surface area contributed by atoms with Crippen LogP contribution >= 0.6 is 0 Å². The highest BCUT2D eigenvalue weighted by Crippen LogP contribution is 2.21. The third-order valence-corrected chi connectivity index (χ3v) is 3.86. The van der Waals surface area contributed by atoms with Crippen molar-refractivity contribution in [3.63, 3.8) is 0 Å². The quantitative estimate of drug-likeness (QED) is 0.406. The number of hydrogen-bond donors (Lipinski definition) is 1. The van der Waals surface area contributed by atoms with Gasteiger partial charge in [-0.2, -0.15) is 19.0 Å². The lowest BCUT2D eigenvalue weighted by molar-refractivity contribution is -0.0498. The van der Waals surface area contributed by atoms with Gasteiger partial charge in [0, 0.05) is 0 Å². The zero-order valence-corrected chi connectivity index (χ0v) is 14.4. The number of benzene rings is 2. The maximum Gasteiger partial charge on any atom is 0.387 e. The van der Waals surface area contributed by atoms with Gasteiger partial charge in [0.15, 0.2) is 11.5 Å². The Labute approximate surface area is 158 Å². The van der Waals surface area contributed by atoms with Gasteiger partial charge >= 0.3 is 6.61 Å². The van der Waals surface area contributed by atoms with Crippen molar-refractivity contribution in [3.05, 3.63) is 72.7 Å². The third-order valence-electron chi connectivity index (χ3n) is 3.86. The molecule has 140 valence electrons. The Bertz CT molecular complexity index is 1100. The van der Waals surface area contributed by atoms with Crippen LogP contribution in [0, 0.1) is 0 Å². The highest BCUT2D eigenvalue weighted by atomic mass is 19.3. The van der Waals surface area contributed by atoms with Crippen LogP contribution in [0.3, 0.4) is 0 Å². The van der Waals surface area contributed by atoms with Crippen LogP contribution in [0.5, 0.6) is 5.75 Å². The maximum absolute atomic E-state index is 12.2. The Morgan fingerprint density at radius 2 is 1.82 bits per heavy atom. The van der Waals surface area contributed by atoms with E-state index in [9.17, 15) is 8.78 Å². The number of ether oxygens (including phenoxy) is 1. The molecule has 28 heavy (non-hydrogen) atoms. The van der Waals surface area contributed by atoms with Crippen LogP contribution in [-0.4, -0.2) is 32.6 Å². The summed E-state index contributed by atoms with van der Waals surface area (Å²) >= 11 is 0.